The number of methoxy groups -OCH3 is 2. The molecule has 29 heavy (non-hydrogen) atoms. The first-order valence-corrected chi connectivity index (χ1v) is 9.21. The zero-order valence-corrected chi connectivity index (χ0v) is 16.5. The Balaban J connectivity index is 2.00. The van der Waals surface area contributed by atoms with Crippen LogP contribution in [0.15, 0.2) is 58.3 Å². The fraction of sp³-hybridized carbons (Fsp3) is 0.217. The van der Waals surface area contributed by atoms with Gasteiger partial charge in [0.25, 0.3) is 5.91 Å². The zero-order chi connectivity index (χ0) is 20.7. The van der Waals surface area contributed by atoms with Gasteiger partial charge in [0.15, 0.2) is 16.9 Å². The second kappa shape index (κ2) is 7.13. The van der Waals surface area contributed by atoms with Crippen LogP contribution in [0, 0.1) is 6.92 Å². The molecule has 1 unspecified atom stereocenters. The van der Waals surface area contributed by atoms with Crippen LogP contribution in [0.3, 0.4) is 0 Å². The molecule has 0 aliphatic carbocycles. The molecule has 2 aromatic carbocycles. The minimum absolute atomic E-state index is 0.0768. The number of hydrogen-bond donors (Lipinski definition) is 0. The van der Waals surface area contributed by atoms with Crippen LogP contribution in [0.4, 0.5) is 0 Å². The number of hydrogen-bond acceptors (Lipinski definition) is 5. The Labute approximate surface area is 168 Å². The third kappa shape index (κ3) is 2.88. The summed E-state index contributed by atoms with van der Waals surface area (Å²) in [5, 5.41) is 0.461. The van der Waals surface area contributed by atoms with Crippen molar-refractivity contribution < 1.29 is 18.7 Å². The quantitative estimate of drug-likeness (QED) is 0.618. The maximum atomic E-state index is 13.4. The van der Waals surface area contributed by atoms with Gasteiger partial charge in [-0.2, -0.15) is 0 Å². The van der Waals surface area contributed by atoms with Gasteiger partial charge in [-0.15, -0.1) is 6.58 Å². The monoisotopic (exact) mass is 391 g/mol. The van der Waals surface area contributed by atoms with Crippen molar-refractivity contribution in [3.05, 3.63) is 81.7 Å². The Bertz CT molecular complexity index is 1190. The highest BCUT2D eigenvalue weighted by Crippen LogP contribution is 2.40. The van der Waals surface area contributed by atoms with E-state index < -0.39 is 6.04 Å². The fourth-order valence-electron chi connectivity index (χ4n) is 3.83. The van der Waals surface area contributed by atoms with E-state index in [9.17, 15) is 9.59 Å². The number of nitrogens with zero attached hydrogens (tertiary/aromatic N) is 1. The first-order valence-electron chi connectivity index (χ1n) is 9.21. The topological polar surface area (TPSA) is 69.0 Å². The second-order valence-corrected chi connectivity index (χ2v) is 6.94. The number of fused-ring (bicyclic) bond motifs is 2. The molecule has 3 aromatic rings. The lowest BCUT2D eigenvalue weighted by Crippen LogP contribution is -2.29. The number of benzene rings is 2. The van der Waals surface area contributed by atoms with Gasteiger partial charge in [-0.3, -0.25) is 9.59 Å². The molecule has 6 nitrogen and oxygen atoms in total. The highest BCUT2D eigenvalue weighted by molar-refractivity contribution is 5.99. The molecule has 0 spiro atoms. The average Bonchev–Trinajstić information content (AvgIpc) is 3.00. The van der Waals surface area contributed by atoms with Crippen LogP contribution >= 0.6 is 0 Å². The van der Waals surface area contributed by atoms with Crippen molar-refractivity contribution in [2.75, 3.05) is 20.8 Å². The normalized spacial score (nSPS) is 15.5. The first-order chi connectivity index (χ1) is 14.0. The molecule has 1 aliphatic rings. The summed E-state index contributed by atoms with van der Waals surface area (Å²) in [6.45, 7) is 5.94. The van der Waals surface area contributed by atoms with E-state index in [0.717, 1.165) is 11.1 Å². The van der Waals surface area contributed by atoms with Gasteiger partial charge in [-0.05, 0) is 36.8 Å². The Morgan fingerprint density at radius 3 is 2.55 bits per heavy atom. The summed E-state index contributed by atoms with van der Waals surface area (Å²) >= 11 is 0. The van der Waals surface area contributed by atoms with Gasteiger partial charge in [-0.25, -0.2) is 0 Å². The van der Waals surface area contributed by atoms with Crippen molar-refractivity contribution in [1.29, 1.82) is 0 Å². The predicted octanol–water partition coefficient (Wildman–Crippen LogP) is 3.85. The van der Waals surface area contributed by atoms with E-state index in [2.05, 4.69) is 6.58 Å². The first kappa shape index (κ1) is 18.8. The summed E-state index contributed by atoms with van der Waals surface area (Å²) in [7, 11) is 3.10. The van der Waals surface area contributed by atoms with Crippen LogP contribution in [0.2, 0.25) is 0 Å². The Hall–Kier alpha value is -3.54. The van der Waals surface area contributed by atoms with Crippen molar-refractivity contribution in [3.63, 3.8) is 0 Å². The molecule has 0 saturated carbocycles. The minimum Gasteiger partial charge on any atom is -0.493 e. The van der Waals surface area contributed by atoms with Crippen molar-refractivity contribution in [3.8, 4) is 11.5 Å². The molecule has 0 saturated heterocycles. The van der Waals surface area contributed by atoms with Gasteiger partial charge in [0, 0.05) is 6.54 Å². The molecule has 1 aliphatic heterocycles. The highest BCUT2D eigenvalue weighted by atomic mass is 16.5. The van der Waals surface area contributed by atoms with Gasteiger partial charge in [0.1, 0.15) is 5.58 Å². The van der Waals surface area contributed by atoms with Crippen LogP contribution in [0.25, 0.3) is 11.0 Å². The zero-order valence-electron chi connectivity index (χ0n) is 16.5. The van der Waals surface area contributed by atoms with Gasteiger partial charge < -0.3 is 18.8 Å². The SMILES string of the molecule is C=CCN1C(=O)c2oc3ccc(C)cc3c(=O)c2C1c1ccc(OC)c(OC)c1. The van der Waals surface area contributed by atoms with E-state index in [0.29, 0.717) is 28.0 Å². The number of aryl methyl sites for hydroxylation is 1. The molecule has 0 radical (unpaired) electrons. The lowest BCUT2D eigenvalue weighted by molar-refractivity contribution is 0.0748. The summed E-state index contributed by atoms with van der Waals surface area (Å²) in [5.74, 6) is 0.829. The van der Waals surface area contributed by atoms with Gasteiger partial charge >= 0.3 is 0 Å². The van der Waals surface area contributed by atoms with Crippen LogP contribution in [0.5, 0.6) is 11.5 Å². The Morgan fingerprint density at radius 2 is 1.86 bits per heavy atom. The second-order valence-electron chi connectivity index (χ2n) is 6.94. The molecule has 1 amide bonds. The van der Waals surface area contributed by atoms with E-state index in [-0.39, 0.29) is 23.6 Å². The number of carbonyl (C=O) groups is 1. The highest BCUT2D eigenvalue weighted by Gasteiger charge is 2.42. The molecule has 4 rings (SSSR count). The molecule has 148 valence electrons. The molecule has 1 aromatic heterocycles. The van der Waals surface area contributed by atoms with Crippen LogP contribution in [-0.4, -0.2) is 31.6 Å². The molecular weight excluding hydrogens is 370 g/mol. The summed E-state index contributed by atoms with van der Waals surface area (Å²) in [5.41, 5.74) is 2.21. The molecule has 6 heteroatoms. The molecule has 0 fully saturated rings. The minimum atomic E-state index is -0.600. The lowest BCUT2D eigenvalue weighted by Gasteiger charge is -2.24. The van der Waals surface area contributed by atoms with Crippen LogP contribution in [-0.2, 0) is 0 Å². The number of amides is 1. The lowest BCUT2D eigenvalue weighted by atomic mass is 9.97. The van der Waals surface area contributed by atoms with E-state index in [1.165, 1.54) is 0 Å². The van der Waals surface area contributed by atoms with Crippen molar-refractivity contribution in [2.45, 2.75) is 13.0 Å². The Kier molecular flexibility index (Phi) is 4.62. The van der Waals surface area contributed by atoms with Gasteiger partial charge in [0.2, 0.25) is 5.76 Å². The molecule has 0 N–H and O–H groups in total. The van der Waals surface area contributed by atoms with Crippen LogP contribution < -0.4 is 14.9 Å². The molecule has 1 atom stereocenters. The fourth-order valence-corrected chi connectivity index (χ4v) is 3.83. The van der Waals surface area contributed by atoms with Crippen molar-refractivity contribution in [2.24, 2.45) is 0 Å². The molecule has 0 bridgehead atoms. The smallest absolute Gasteiger partial charge is 0.291 e. The van der Waals surface area contributed by atoms with Crippen molar-refractivity contribution in [1.82, 2.24) is 4.90 Å². The Morgan fingerprint density at radius 1 is 1.10 bits per heavy atom. The van der Waals surface area contributed by atoms with Gasteiger partial charge in [-0.1, -0.05) is 23.8 Å². The molecular formula is C23H21NO5. The van der Waals surface area contributed by atoms with E-state index in [1.54, 1.807) is 49.5 Å². The molecule has 2 heterocycles. The van der Waals surface area contributed by atoms with Crippen molar-refractivity contribution >= 4 is 16.9 Å². The maximum Gasteiger partial charge on any atom is 0.291 e. The average molecular weight is 391 g/mol. The summed E-state index contributed by atoms with van der Waals surface area (Å²) in [6, 6.07) is 10.1. The number of carbonyl (C=O) groups excluding carboxylic acids is 1. The van der Waals surface area contributed by atoms with Gasteiger partial charge in [0.05, 0.1) is 31.2 Å². The predicted molar refractivity (Wildman–Crippen MR) is 110 cm³/mol. The summed E-state index contributed by atoms with van der Waals surface area (Å²) in [4.78, 5) is 28.1. The van der Waals surface area contributed by atoms with E-state index in [1.807, 2.05) is 19.1 Å². The number of rotatable bonds is 5. The summed E-state index contributed by atoms with van der Waals surface area (Å²) < 4.78 is 16.6. The maximum absolute atomic E-state index is 13.4. The van der Waals surface area contributed by atoms with Crippen LogP contribution in [0.1, 0.15) is 33.3 Å². The standard InChI is InChI=1S/C23H21NO5/c1-5-10-24-20(14-7-9-17(27-3)18(12-14)28-4)19-21(25)15-11-13(2)6-8-16(15)29-22(19)23(24)26/h5-9,11-12,20H,1,10H2,2-4H3. The third-order valence-electron chi connectivity index (χ3n) is 5.17. The summed E-state index contributed by atoms with van der Waals surface area (Å²) in [6.07, 6.45) is 1.63. The van der Waals surface area contributed by atoms with E-state index >= 15 is 0 Å². The largest absolute Gasteiger partial charge is 0.493 e. The third-order valence-corrected chi connectivity index (χ3v) is 5.17. The van der Waals surface area contributed by atoms with E-state index in [4.69, 9.17) is 13.9 Å². The number of ether oxygens (including phenoxy) is 2.